The Morgan fingerprint density at radius 2 is 0.859 bits per heavy atom. The molecule has 0 aromatic heterocycles. The van der Waals surface area contributed by atoms with Crippen LogP contribution in [0.3, 0.4) is 0 Å². The molecule has 4 aromatic rings. The summed E-state index contributed by atoms with van der Waals surface area (Å²) in [5, 5.41) is 10.3. The molecule has 24 heteroatoms. The smallest absolute Gasteiger partial charge is 0.397 e. The Labute approximate surface area is 453 Å². The maximum absolute atomic E-state index is 13.7. The van der Waals surface area contributed by atoms with Crippen LogP contribution in [0.15, 0.2) is 95.1 Å². The summed E-state index contributed by atoms with van der Waals surface area (Å²) in [7, 11) is -0.336. The van der Waals surface area contributed by atoms with Gasteiger partial charge in [0.05, 0.1) is 22.6 Å². The normalized spacial score (nSPS) is 17.0. The van der Waals surface area contributed by atoms with Crippen molar-refractivity contribution in [1.29, 1.82) is 0 Å². The van der Waals surface area contributed by atoms with Gasteiger partial charge in [-0.05, 0) is 175 Å². The van der Waals surface area contributed by atoms with Gasteiger partial charge in [-0.25, -0.2) is 34.4 Å². The Morgan fingerprint density at radius 3 is 1.13 bits per heavy atom. The number of hydrogen-bond acceptors (Lipinski definition) is 9. The monoisotopic (exact) mass is 1170 g/mol. The molecule has 428 valence electrons. The van der Waals surface area contributed by atoms with Crippen LogP contribution in [-0.2, 0) is 42.0 Å². The maximum Gasteiger partial charge on any atom is 0.419 e. The Hall–Kier alpha value is -5.53. The van der Waals surface area contributed by atoms with E-state index in [0.717, 1.165) is 32.9 Å². The van der Waals surface area contributed by atoms with Crippen molar-refractivity contribution in [2.24, 2.45) is 0 Å². The van der Waals surface area contributed by atoms with Gasteiger partial charge < -0.3 is 15.3 Å². The SMILES string of the molecule is CCO.CNC.Cc1cc(/C=C2\CN(S(=O)(=O)CCCCl)C/C(=C\c3ccc(F)c(C(F)(F)F)c3)C2=O)ccc1F.Cc1cc(/C=C2\CN(S(=O)(=O)CCCN(C)C)C/C(=C\c3ccc(F)c(C(F)(F)F)c3)C2=O)ccc1F. The van der Waals surface area contributed by atoms with Gasteiger partial charge in [0, 0.05) is 61.0 Å². The number of nitrogens with zero attached hydrogens (tertiary/aromatic N) is 3. The Kier molecular flexibility index (Phi) is 25.3. The number of aryl methyl sites for hydroxylation is 2. The molecule has 6 rings (SSSR count). The zero-order valence-corrected chi connectivity index (χ0v) is 46.1. The molecule has 0 amide bonds. The van der Waals surface area contributed by atoms with E-state index in [1.165, 1.54) is 55.5 Å². The van der Waals surface area contributed by atoms with E-state index in [0.29, 0.717) is 59.5 Å². The number of aliphatic hydroxyl groups excluding tert-OH is 1. The first-order chi connectivity index (χ1) is 36.3. The van der Waals surface area contributed by atoms with Gasteiger partial charge >= 0.3 is 12.4 Å². The molecule has 0 spiro atoms. The van der Waals surface area contributed by atoms with Gasteiger partial charge in [-0.1, -0.05) is 24.3 Å². The molecule has 4 aromatic carbocycles. The lowest BCUT2D eigenvalue weighted by molar-refractivity contribution is -0.140. The summed E-state index contributed by atoms with van der Waals surface area (Å²) in [6.45, 7) is 4.29. The molecule has 2 aliphatic rings. The molecule has 0 aliphatic carbocycles. The summed E-state index contributed by atoms with van der Waals surface area (Å²) in [6, 6.07) is 12.8. The number of Topliss-reactive ketones (excluding diaryl/α,β-unsaturated/α-hetero) is 2. The number of rotatable bonds is 13. The highest BCUT2D eigenvalue weighted by Crippen LogP contribution is 2.35. The number of aliphatic hydroxyl groups is 1. The van der Waals surface area contributed by atoms with Gasteiger partial charge in [0.1, 0.15) is 23.3 Å². The number of carbonyl (C=O) groups excluding carboxylic acids is 2. The minimum Gasteiger partial charge on any atom is -0.397 e. The van der Waals surface area contributed by atoms with Gasteiger partial charge in [-0.2, -0.15) is 35.0 Å². The van der Waals surface area contributed by atoms with E-state index in [1.807, 2.05) is 19.0 Å². The number of piperidine rings is 2. The molecule has 0 saturated carbocycles. The van der Waals surface area contributed by atoms with Crippen LogP contribution >= 0.6 is 11.6 Å². The summed E-state index contributed by atoms with van der Waals surface area (Å²) < 4.78 is 188. The van der Waals surface area contributed by atoms with Crippen molar-refractivity contribution in [3.8, 4) is 0 Å². The lowest BCUT2D eigenvalue weighted by Crippen LogP contribution is -2.42. The summed E-state index contributed by atoms with van der Waals surface area (Å²) in [5.41, 5.74) is -1.65. The molecule has 0 atom stereocenters. The fraction of sp³-hybridized carbons (Fsp3) is 0.370. The lowest BCUT2D eigenvalue weighted by atomic mass is 9.95. The number of hydrogen-bond donors (Lipinski definition) is 2. The maximum atomic E-state index is 13.7. The molecule has 0 bridgehead atoms. The van der Waals surface area contributed by atoms with Gasteiger partial charge in [0.2, 0.25) is 20.0 Å². The largest absolute Gasteiger partial charge is 0.419 e. The molecule has 0 radical (unpaired) electrons. The predicted octanol–water partition coefficient (Wildman–Crippen LogP) is 10.4. The molecule has 11 nitrogen and oxygen atoms in total. The van der Waals surface area contributed by atoms with Crippen molar-refractivity contribution < 1.29 is 75.4 Å². The summed E-state index contributed by atoms with van der Waals surface area (Å²) in [6.07, 6.45) is -4.28. The highest BCUT2D eigenvalue weighted by Gasteiger charge is 2.37. The van der Waals surface area contributed by atoms with Gasteiger partial charge in [-0.3, -0.25) is 9.59 Å². The predicted molar refractivity (Wildman–Crippen MR) is 284 cm³/mol. The van der Waals surface area contributed by atoms with E-state index in [2.05, 4.69) is 5.32 Å². The molecular weight excluding hydrogens is 1110 g/mol. The molecule has 2 aliphatic heterocycles. The van der Waals surface area contributed by atoms with Gasteiger partial charge in [0.15, 0.2) is 11.6 Å². The lowest BCUT2D eigenvalue weighted by Gasteiger charge is -2.29. The number of ketones is 2. The number of alkyl halides is 7. The molecule has 78 heavy (non-hydrogen) atoms. The van der Waals surface area contributed by atoms with Crippen LogP contribution in [0.2, 0.25) is 0 Å². The first kappa shape index (κ1) is 66.7. The molecule has 2 N–H and O–H groups in total. The Morgan fingerprint density at radius 1 is 0.577 bits per heavy atom. The van der Waals surface area contributed by atoms with E-state index < -0.39 is 78.4 Å². The second kappa shape index (κ2) is 29.6. The third kappa shape index (κ3) is 20.0. The molecule has 2 heterocycles. The number of sulfonamides is 2. The Bertz CT molecular complexity index is 3100. The van der Waals surface area contributed by atoms with Crippen molar-refractivity contribution in [3.05, 3.63) is 163 Å². The summed E-state index contributed by atoms with van der Waals surface area (Å²) in [5.74, 6) is -5.33. The minimum atomic E-state index is -4.95. The van der Waals surface area contributed by atoms with Gasteiger partial charge in [-0.15, -0.1) is 11.6 Å². The van der Waals surface area contributed by atoms with Crippen molar-refractivity contribution in [2.75, 3.05) is 84.9 Å². The number of halogens is 11. The van der Waals surface area contributed by atoms with Crippen molar-refractivity contribution >= 4 is 67.5 Å². The van der Waals surface area contributed by atoms with E-state index in [1.54, 1.807) is 27.9 Å². The minimum absolute atomic E-state index is 0.0566. The Balaban J connectivity index is 0.000000373. The highest BCUT2D eigenvalue weighted by atomic mass is 35.5. The average Bonchev–Trinajstić information content (AvgIpc) is 3.35. The van der Waals surface area contributed by atoms with Crippen LogP contribution in [0.4, 0.5) is 43.9 Å². The van der Waals surface area contributed by atoms with Crippen LogP contribution in [0.25, 0.3) is 24.3 Å². The van der Waals surface area contributed by atoms with Crippen molar-refractivity contribution in [1.82, 2.24) is 18.8 Å². The summed E-state index contributed by atoms with van der Waals surface area (Å²) >= 11 is 5.62. The first-order valence-electron chi connectivity index (χ1n) is 23.8. The average molecular weight is 1170 g/mol. The summed E-state index contributed by atoms with van der Waals surface area (Å²) in [4.78, 5) is 28.3. The van der Waals surface area contributed by atoms with Crippen LogP contribution in [0.5, 0.6) is 0 Å². The number of carbonyl (C=O) groups is 2. The third-order valence-corrected chi connectivity index (χ3v) is 15.2. The second-order valence-electron chi connectivity index (χ2n) is 18.0. The van der Waals surface area contributed by atoms with Crippen LogP contribution < -0.4 is 5.32 Å². The van der Waals surface area contributed by atoms with Crippen molar-refractivity contribution in [3.63, 3.8) is 0 Å². The van der Waals surface area contributed by atoms with E-state index in [-0.39, 0.29) is 90.0 Å². The fourth-order valence-electron chi connectivity index (χ4n) is 7.49. The first-order valence-corrected chi connectivity index (χ1v) is 27.6. The van der Waals surface area contributed by atoms with Crippen molar-refractivity contribution in [2.45, 2.75) is 46.0 Å². The molecule has 0 unspecified atom stereocenters. The number of nitrogens with one attached hydrogen (secondary N) is 1. The van der Waals surface area contributed by atoms with E-state index in [9.17, 15) is 70.3 Å². The topological polar surface area (TPSA) is 144 Å². The quantitative estimate of drug-likeness (QED) is 0.0760. The van der Waals surface area contributed by atoms with Crippen LogP contribution in [0.1, 0.15) is 64.3 Å². The second-order valence-corrected chi connectivity index (χ2v) is 22.6. The zero-order valence-electron chi connectivity index (χ0n) is 43.7. The zero-order chi connectivity index (χ0) is 58.9. The fourth-order valence-corrected chi connectivity index (χ4v) is 10.6. The van der Waals surface area contributed by atoms with E-state index in [4.69, 9.17) is 16.7 Å². The molecule has 2 fully saturated rings. The van der Waals surface area contributed by atoms with Crippen LogP contribution in [-0.4, -0.2) is 132 Å². The molecule has 2 saturated heterocycles. The third-order valence-electron chi connectivity index (χ3n) is 11.2. The number of benzene rings is 4. The standard InChI is InChI=1S/C26H27F5N2O3S.C24H21ClF5NO3S.C2H7N.C2H6O/c1-17-11-18(5-7-23(17)27)12-20-15-33(37(35,36)10-4-9-32(2)3)16-21(25(20)34)13-19-6-8-24(28)22(14-19)26(29,30)31;1-15-9-16(3-5-21(15)26)10-18-13-31(35(33,34)8-2-7-25)14-19(23(18)32)11-17-4-6-22(27)20(12-17)24(28,29)30;1-3-2;1-2-3/h5-8,11-14H,4,9-10,15-16H2,1-3H3;3-6,9-12H,2,7-8,13-14H2,1H3;3H,1-2H3;3H,2H2,1H3/b20-12+,21-13+;18-10+,19-11+;;. The van der Waals surface area contributed by atoms with E-state index >= 15 is 0 Å². The molecular formula is C54H61ClF10N4O7S2. The highest BCUT2D eigenvalue weighted by molar-refractivity contribution is 7.89. The van der Waals surface area contributed by atoms with Gasteiger partial charge in [0.25, 0.3) is 0 Å². The van der Waals surface area contributed by atoms with Crippen LogP contribution in [0, 0.1) is 37.1 Å².